The van der Waals surface area contributed by atoms with Gasteiger partial charge in [0.15, 0.2) is 0 Å². The molecule has 0 bridgehead atoms. The Balaban J connectivity index is 2.49. The van der Waals surface area contributed by atoms with Crippen LogP contribution in [0, 0.1) is 0 Å². The zero-order valence-electron chi connectivity index (χ0n) is 11.2. The Morgan fingerprint density at radius 3 is 2.26 bits per heavy atom. The van der Waals surface area contributed by atoms with E-state index >= 15 is 0 Å². The lowest BCUT2D eigenvalue weighted by atomic mass is 9.92. The van der Waals surface area contributed by atoms with Gasteiger partial charge in [0.05, 0.1) is 12.7 Å². The molecule has 1 saturated heterocycles. The Kier molecular flexibility index (Phi) is 6.88. The van der Waals surface area contributed by atoms with Crippen LogP contribution in [0.3, 0.4) is 0 Å². The molecular weight excluding hydrogens is 252 g/mol. The molecule has 0 radical (unpaired) electrons. The number of rotatable bonds is 7. The van der Waals surface area contributed by atoms with Gasteiger partial charge in [-0.05, 0) is 6.42 Å². The third kappa shape index (κ3) is 4.50. The Hall–Kier alpha value is -0.530. The van der Waals surface area contributed by atoms with Crippen molar-refractivity contribution in [1.82, 2.24) is 0 Å². The van der Waals surface area contributed by atoms with Gasteiger partial charge in [-0.3, -0.25) is 4.79 Å². The quantitative estimate of drug-likeness (QED) is 0.461. The van der Waals surface area contributed by atoms with Crippen LogP contribution in [0.2, 0.25) is 0 Å². The van der Waals surface area contributed by atoms with Gasteiger partial charge in [-0.25, -0.2) is 0 Å². The van der Waals surface area contributed by atoms with Gasteiger partial charge in [-0.1, -0.05) is 19.8 Å². The molecule has 0 aromatic rings. The van der Waals surface area contributed by atoms with Crippen molar-refractivity contribution in [3.05, 3.63) is 0 Å². The van der Waals surface area contributed by atoms with Crippen LogP contribution in [0.1, 0.15) is 39.0 Å². The molecule has 6 nitrogen and oxygen atoms in total. The van der Waals surface area contributed by atoms with Gasteiger partial charge in [0.25, 0.3) is 0 Å². The lowest BCUT2D eigenvalue weighted by Gasteiger charge is -2.39. The molecule has 4 N–H and O–H groups in total. The fraction of sp³-hybridized carbons (Fsp3) is 0.923. The average Bonchev–Trinajstić information content (AvgIpc) is 2.39. The summed E-state index contributed by atoms with van der Waals surface area (Å²) in [7, 11) is 0. The molecule has 0 saturated carbocycles. The molecule has 0 amide bonds. The number of aliphatic hydroxyl groups is 4. The van der Waals surface area contributed by atoms with Crippen LogP contribution in [0.5, 0.6) is 0 Å². The van der Waals surface area contributed by atoms with Gasteiger partial charge < -0.3 is 25.2 Å². The van der Waals surface area contributed by atoms with Crippen molar-refractivity contribution in [2.75, 3.05) is 6.61 Å². The third-order valence-electron chi connectivity index (χ3n) is 3.48. The first-order chi connectivity index (χ1) is 9.01. The molecule has 112 valence electrons. The van der Waals surface area contributed by atoms with Crippen LogP contribution in [0.15, 0.2) is 0 Å². The molecule has 0 aliphatic carbocycles. The number of ketones is 1. The first kappa shape index (κ1) is 16.5. The third-order valence-corrected chi connectivity index (χ3v) is 3.48. The summed E-state index contributed by atoms with van der Waals surface area (Å²) in [6.07, 6.45) is -2.69. The van der Waals surface area contributed by atoms with Crippen LogP contribution >= 0.6 is 0 Å². The van der Waals surface area contributed by atoms with Crippen molar-refractivity contribution >= 4 is 5.78 Å². The number of carbonyl (C=O) groups excluding carboxylic acids is 1. The van der Waals surface area contributed by atoms with E-state index in [1.165, 1.54) is 0 Å². The van der Waals surface area contributed by atoms with Crippen LogP contribution < -0.4 is 0 Å². The minimum atomic E-state index is -1.40. The van der Waals surface area contributed by atoms with E-state index in [1.54, 1.807) is 0 Å². The maximum atomic E-state index is 11.7. The fourth-order valence-corrected chi connectivity index (χ4v) is 2.25. The predicted octanol–water partition coefficient (Wildman–Crippen LogP) is -0.632. The van der Waals surface area contributed by atoms with Crippen LogP contribution in [0.4, 0.5) is 0 Å². The fourth-order valence-electron chi connectivity index (χ4n) is 2.25. The summed E-state index contributed by atoms with van der Waals surface area (Å²) in [5, 5.41) is 38.0. The zero-order valence-corrected chi connectivity index (χ0v) is 11.2. The number of aliphatic hydroxyl groups excluding tert-OH is 4. The van der Waals surface area contributed by atoms with E-state index in [9.17, 15) is 20.1 Å². The molecule has 1 heterocycles. The summed E-state index contributed by atoms with van der Waals surface area (Å²) in [5.74, 6) is -0.0437. The smallest absolute Gasteiger partial charge is 0.135 e. The number of unbranched alkanes of at least 4 members (excludes halogenated alkanes) is 2. The minimum absolute atomic E-state index is 0.00877. The molecular formula is C13H24O6. The minimum Gasteiger partial charge on any atom is -0.394 e. The van der Waals surface area contributed by atoms with Gasteiger partial charge >= 0.3 is 0 Å². The Labute approximate surface area is 113 Å². The Morgan fingerprint density at radius 1 is 1.05 bits per heavy atom. The molecule has 0 unspecified atom stereocenters. The van der Waals surface area contributed by atoms with Crippen LogP contribution in [-0.4, -0.2) is 63.3 Å². The molecule has 6 heteroatoms. The van der Waals surface area contributed by atoms with E-state index in [1.807, 2.05) is 6.92 Å². The number of carbonyl (C=O) groups is 1. The molecule has 1 aliphatic heterocycles. The number of ether oxygens (including phenoxy) is 1. The highest BCUT2D eigenvalue weighted by atomic mass is 16.5. The molecule has 5 atom stereocenters. The second kappa shape index (κ2) is 7.91. The Morgan fingerprint density at radius 2 is 1.68 bits per heavy atom. The van der Waals surface area contributed by atoms with Crippen molar-refractivity contribution in [3.8, 4) is 0 Å². The number of hydrogen-bond acceptors (Lipinski definition) is 6. The molecule has 0 aromatic heterocycles. The maximum Gasteiger partial charge on any atom is 0.135 e. The second-order valence-corrected chi connectivity index (χ2v) is 5.07. The molecule has 1 fully saturated rings. The number of hydrogen-bond donors (Lipinski definition) is 4. The van der Waals surface area contributed by atoms with Crippen molar-refractivity contribution < 1.29 is 30.0 Å². The summed E-state index contributed by atoms with van der Waals surface area (Å²) in [5.41, 5.74) is 0. The normalized spacial score (nSPS) is 35.3. The molecule has 19 heavy (non-hydrogen) atoms. The summed E-state index contributed by atoms with van der Waals surface area (Å²) in [4.78, 5) is 11.7. The topological polar surface area (TPSA) is 107 Å². The Bertz CT molecular complexity index is 280. The summed E-state index contributed by atoms with van der Waals surface area (Å²) >= 11 is 0. The van der Waals surface area contributed by atoms with E-state index < -0.39 is 37.1 Å². The van der Waals surface area contributed by atoms with Crippen molar-refractivity contribution in [1.29, 1.82) is 0 Å². The van der Waals surface area contributed by atoms with Gasteiger partial charge in [0.1, 0.15) is 30.2 Å². The standard InChI is InChI=1S/C13H24O6/c1-2-3-4-5-8(15)6-9-11(16)13(18)12(17)10(7-14)19-9/h9-14,16-18H,2-7H2,1H3/t9-,10+,11-,12+,13+/m0/s1. The highest BCUT2D eigenvalue weighted by Gasteiger charge is 2.43. The van der Waals surface area contributed by atoms with E-state index in [0.29, 0.717) is 6.42 Å². The molecule has 0 spiro atoms. The first-order valence-electron chi connectivity index (χ1n) is 6.83. The highest BCUT2D eigenvalue weighted by Crippen LogP contribution is 2.23. The predicted molar refractivity (Wildman–Crippen MR) is 67.5 cm³/mol. The largest absolute Gasteiger partial charge is 0.394 e. The zero-order chi connectivity index (χ0) is 14.4. The summed E-state index contributed by atoms with van der Waals surface area (Å²) in [6.45, 7) is 1.58. The molecule has 1 rings (SSSR count). The SMILES string of the molecule is CCCCCC(=O)C[C@@H]1O[C@H](CO)[C@@H](O)[C@H](O)[C@H]1O. The number of Topliss-reactive ketones (excluding diaryl/α,β-unsaturated/α-hetero) is 1. The lowest BCUT2D eigenvalue weighted by Crippen LogP contribution is -2.58. The first-order valence-corrected chi connectivity index (χ1v) is 6.83. The summed E-state index contributed by atoms with van der Waals surface area (Å²) in [6, 6.07) is 0. The highest BCUT2D eigenvalue weighted by molar-refractivity contribution is 5.78. The van der Waals surface area contributed by atoms with Crippen molar-refractivity contribution in [3.63, 3.8) is 0 Å². The van der Waals surface area contributed by atoms with Gasteiger partial charge in [0, 0.05) is 12.8 Å². The van der Waals surface area contributed by atoms with Gasteiger partial charge in [0.2, 0.25) is 0 Å². The lowest BCUT2D eigenvalue weighted by molar-refractivity contribution is -0.229. The summed E-state index contributed by atoms with van der Waals surface area (Å²) < 4.78 is 5.28. The maximum absolute atomic E-state index is 11.7. The second-order valence-electron chi connectivity index (χ2n) is 5.07. The molecule has 1 aliphatic rings. The van der Waals surface area contributed by atoms with Crippen LogP contribution in [-0.2, 0) is 9.53 Å². The van der Waals surface area contributed by atoms with E-state index in [2.05, 4.69) is 0 Å². The van der Waals surface area contributed by atoms with Crippen molar-refractivity contribution in [2.45, 2.75) is 69.5 Å². The van der Waals surface area contributed by atoms with E-state index in [0.717, 1.165) is 19.3 Å². The monoisotopic (exact) mass is 276 g/mol. The van der Waals surface area contributed by atoms with Gasteiger partial charge in [-0.2, -0.15) is 0 Å². The van der Waals surface area contributed by atoms with Crippen molar-refractivity contribution in [2.24, 2.45) is 0 Å². The van der Waals surface area contributed by atoms with E-state index in [-0.39, 0.29) is 12.2 Å². The van der Waals surface area contributed by atoms with Gasteiger partial charge in [-0.15, -0.1) is 0 Å². The van der Waals surface area contributed by atoms with Crippen LogP contribution in [0.25, 0.3) is 0 Å². The average molecular weight is 276 g/mol. The van der Waals surface area contributed by atoms with E-state index in [4.69, 9.17) is 9.84 Å². The molecule has 0 aromatic carbocycles.